The van der Waals surface area contributed by atoms with Gasteiger partial charge in [-0.15, -0.1) is 11.3 Å². The predicted octanol–water partition coefficient (Wildman–Crippen LogP) is 2.93. The van der Waals surface area contributed by atoms with E-state index in [0.29, 0.717) is 12.3 Å². The maximum absolute atomic E-state index is 12.1. The molecular weight excluding hydrogens is 288 g/mol. The Balaban J connectivity index is 1.75. The van der Waals surface area contributed by atoms with Crippen molar-refractivity contribution in [3.63, 3.8) is 0 Å². The van der Waals surface area contributed by atoms with Gasteiger partial charge in [0.1, 0.15) is 0 Å². The predicted molar refractivity (Wildman–Crippen MR) is 88.4 cm³/mol. The van der Waals surface area contributed by atoms with Gasteiger partial charge in [0.25, 0.3) is 0 Å². The lowest BCUT2D eigenvalue weighted by Crippen LogP contribution is -2.35. The number of thiophene rings is 1. The summed E-state index contributed by atoms with van der Waals surface area (Å²) >= 11 is 3.67. The van der Waals surface area contributed by atoms with E-state index in [9.17, 15) is 4.79 Å². The highest BCUT2D eigenvalue weighted by molar-refractivity contribution is 7.99. The smallest absolute Gasteiger partial charge is 0.223 e. The van der Waals surface area contributed by atoms with E-state index < -0.39 is 0 Å². The van der Waals surface area contributed by atoms with Gasteiger partial charge in [-0.2, -0.15) is 11.8 Å². The molecule has 1 aliphatic rings. The van der Waals surface area contributed by atoms with Crippen molar-refractivity contribution in [2.45, 2.75) is 26.3 Å². The molecule has 112 valence electrons. The number of hydrogen-bond acceptors (Lipinski definition) is 4. The van der Waals surface area contributed by atoms with E-state index >= 15 is 0 Å². The molecule has 0 aliphatic carbocycles. The van der Waals surface area contributed by atoms with Crippen molar-refractivity contribution in [1.29, 1.82) is 0 Å². The zero-order chi connectivity index (χ0) is 14.2. The second-order valence-corrected chi connectivity index (χ2v) is 7.46. The van der Waals surface area contributed by atoms with Gasteiger partial charge in [0.05, 0.1) is 0 Å². The van der Waals surface area contributed by atoms with Crippen LogP contribution in [0.25, 0.3) is 0 Å². The van der Waals surface area contributed by atoms with Crippen LogP contribution in [0.1, 0.15) is 24.6 Å². The minimum Gasteiger partial charge on any atom is -0.341 e. The van der Waals surface area contributed by atoms with Crippen molar-refractivity contribution in [1.82, 2.24) is 9.80 Å². The van der Waals surface area contributed by atoms with Crippen LogP contribution in [-0.2, 0) is 11.3 Å². The third kappa shape index (κ3) is 5.11. The number of hydrogen-bond donors (Lipinski definition) is 0. The molecule has 2 heterocycles. The monoisotopic (exact) mass is 312 g/mol. The highest BCUT2D eigenvalue weighted by Gasteiger charge is 2.18. The van der Waals surface area contributed by atoms with Crippen molar-refractivity contribution in [2.24, 2.45) is 0 Å². The molecule has 0 bridgehead atoms. The van der Waals surface area contributed by atoms with Gasteiger partial charge in [-0.1, -0.05) is 13.0 Å². The summed E-state index contributed by atoms with van der Waals surface area (Å²) in [5, 5.41) is 2.13. The Labute approximate surface area is 130 Å². The van der Waals surface area contributed by atoms with Gasteiger partial charge >= 0.3 is 0 Å². The molecule has 1 aliphatic heterocycles. The summed E-state index contributed by atoms with van der Waals surface area (Å²) in [4.78, 5) is 18.1. The maximum atomic E-state index is 12.1. The van der Waals surface area contributed by atoms with Crippen molar-refractivity contribution >= 4 is 29.0 Å². The highest BCUT2D eigenvalue weighted by Crippen LogP contribution is 2.14. The summed E-state index contributed by atoms with van der Waals surface area (Å²) in [6, 6.07) is 4.31. The minimum atomic E-state index is 0.337. The van der Waals surface area contributed by atoms with Gasteiger partial charge in [0.15, 0.2) is 0 Å². The fourth-order valence-corrected chi connectivity index (χ4v) is 3.82. The third-order valence-electron chi connectivity index (χ3n) is 3.57. The van der Waals surface area contributed by atoms with Crippen molar-refractivity contribution < 1.29 is 4.79 Å². The van der Waals surface area contributed by atoms with Crippen molar-refractivity contribution in [3.8, 4) is 0 Å². The minimum absolute atomic E-state index is 0.337. The van der Waals surface area contributed by atoms with Crippen LogP contribution in [0, 0.1) is 0 Å². The van der Waals surface area contributed by atoms with E-state index in [1.54, 1.807) is 0 Å². The van der Waals surface area contributed by atoms with Crippen LogP contribution in [0.4, 0.5) is 0 Å². The van der Waals surface area contributed by atoms with Crippen LogP contribution in [0.15, 0.2) is 17.5 Å². The molecule has 1 amide bonds. The summed E-state index contributed by atoms with van der Waals surface area (Å²) in [5.41, 5.74) is 0. The van der Waals surface area contributed by atoms with Crippen LogP contribution in [0.5, 0.6) is 0 Å². The normalized spacial score (nSPS) is 17.1. The number of nitrogens with zero attached hydrogens (tertiary/aromatic N) is 2. The maximum Gasteiger partial charge on any atom is 0.223 e. The summed E-state index contributed by atoms with van der Waals surface area (Å²) in [7, 11) is 0. The SMILES string of the molecule is CCSCCC(=O)N1CCCN(Cc2cccs2)CC1. The molecule has 0 N–H and O–H groups in total. The average Bonchev–Trinajstić information content (AvgIpc) is 2.84. The highest BCUT2D eigenvalue weighted by atomic mass is 32.2. The molecule has 0 aromatic carbocycles. The quantitative estimate of drug-likeness (QED) is 0.755. The fourth-order valence-electron chi connectivity index (χ4n) is 2.46. The second kappa shape index (κ2) is 8.70. The molecule has 5 heteroatoms. The van der Waals surface area contributed by atoms with E-state index in [1.807, 2.05) is 23.1 Å². The molecule has 0 radical (unpaired) electrons. The van der Waals surface area contributed by atoms with Gasteiger partial charge in [0, 0.05) is 49.8 Å². The lowest BCUT2D eigenvalue weighted by Gasteiger charge is -2.21. The first-order chi connectivity index (χ1) is 9.79. The Kier molecular flexibility index (Phi) is 6.90. The van der Waals surface area contributed by atoms with E-state index in [-0.39, 0.29) is 0 Å². The van der Waals surface area contributed by atoms with E-state index in [2.05, 4.69) is 34.2 Å². The average molecular weight is 313 g/mol. The Morgan fingerprint density at radius 1 is 1.35 bits per heavy atom. The first-order valence-electron chi connectivity index (χ1n) is 7.40. The van der Waals surface area contributed by atoms with Crippen LogP contribution >= 0.6 is 23.1 Å². The lowest BCUT2D eigenvalue weighted by molar-refractivity contribution is -0.130. The molecule has 1 aromatic heterocycles. The summed E-state index contributed by atoms with van der Waals surface area (Å²) in [6.07, 6.45) is 1.79. The van der Waals surface area contributed by atoms with Gasteiger partial charge < -0.3 is 4.90 Å². The van der Waals surface area contributed by atoms with Gasteiger partial charge in [-0.3, -0.25) is 9.69 Å². The van der Waals surface area contributed by atoms with Gasteiger partial charge in [-0.05, 0) is 23.6 Å². The van der Waals surface area contributed by atoms with E-state index in [4.69, 9.17) is 0 Å². The molecule has 0 spiro atoms. The molecule has 0 atom stereocenters. The Morgan fingerprint density at radius 2 is 2.25 bits per heavy atom. The summed E-state index contributed by atoms with van der Waals surface area (Å²) in [6.45, 7) is 7.10. The molecule has 2 rings (SSSR count). The molecule has 0 unspecified atom stereocenters. The van der Waals surface area contributed by atoms with Gasteiger partial charge in [-0.25, -0.2) is 0 Å². The third-order valence-corrected chi connectivity index (χ3v) is 5.33. The fraction of sp³-hybridized carbons (Fsp3) is 0.667. The number of carbonyl (C=O) groups excluding carboxylic acids is 1. The number of thioether (sulfide) groups is 1. The van der Waals surface area contributed by atoms with Crippen molar-refractivity contribution in [2.75, 3.05) is 37.7 Å². The van der Waals surface area contributed by atoms with Crippen molar-refractivity contribution in [3.05, 3.63) is 22.4 Å². The topological polar surface area (TPSA) is 23.6 Å². The molecule has 0 saturated carbocycles. The van der Waals surface area contributed by atoms with E-state index in [1.165, 1.54) is 4.88 Å². The zero-order valence-electron chi connectivity index (χ0n) is 12.2. The molecule has 1 saturated heterocycles. The Bertz CT molecular complexity index is 395. The van der Waals surface area contributed by atoms with Crippen LogP contribution in [0.2, 0.25) is 0 Å². The lowest BCUT2D eigenvalue weighted by atomic mass is 10.3. The summed E-state index contributed by atoms with van der Waals surface area (Å²) < 4.78 is 0. The largest absolute Gasteiger partial charge is 0.341 e. The Morgan fingerprint density at radius 3 is 3.00 bits per heavy atom. The second-order valence-electron chi connectivity index (χ2n) is 5.04. The molecule has 1 aromatic rings. The Hall–Kier alpha value is -0.520. The number of rotatable bonds is 6. The molecular formula is C15H24N2OS2. The zero-order valence-corrected chi connectivity index (χ0v) is 13.8. The first-order valence-corrected chi connectivity index (χ1v) is 9.43. The molecule has 1 fully saturated rings. The van der Waals surface area contributed by atoms with Crippen LogP contribution in [0.3, 0.4) is 0 Å². The first kappa shape index (κ1) is 15.9. The summed E-state index contributed by atoms with van der Waals surface area (Å²) in [5.74, 6) is 2.40. The number of amides is 1. The number of carbonyl (C=O) groups is 1. The van der Waals surface area contributed by atoms with E-state index in [0.717, 1.165) is 50.7 Å². The van der Waals surface area contributed by atoms with Gasteiger partial charge in [0.2, 0.25) is 5.91 Å². The standard InChI is InChI=1S/C15H24N2OS2/c1-2-19-12-6-15(18)17-8-4-7-16(9-10-17)13-14-5-3-11-20-14/h3,5,11H,2,4,6-10,12-13H2,1H3. The van der Waals surface area contributed by atoms with Crippen LogP contribution < -0.4 is 0 Å². The molecule has 20 heavy (non-hydrogen) atoms. The van der Waals surface area contributed by atoms with Crippen LogP contribution in [-0.4, -0.2) is 53.4 Å². The molecule has 3 nitrogen and oxygen atoms in total.